The first-order valence-electron chi connectivity index (χ1n) is 6.65. The molecule has 0 radical (unpaired) electrons. The minimum atomic E-state index is -2.84. The third-order valence-electron chi connectivity index (χ3n) is 3.40. The third-order valence-corrected chi connectivity index (χ3v) is 3.40. The summed E-state index contributed by atoms with van der Waals surface area (Å²) in [5.74, 6) is 0.257. The molecule has 1 saturated heterocycles. The molecule has 110 valence electrons. The number of piperidine rings is 1. The number of carbonyl (C=O) groups excluding carboxylic acids is 1. The van der Waals surface area contributed by atoms with Gasteiger partial charge in [0, 0.05) is 5.69 Å². The van der Waals surface area contributed by atoms with Gasteiger partial charge in [-0.1, -0.05) is 6.92 Å². The summed E-state index contributed by atoms with van der Waals surface area (Å²) in [7, 11) is 0. The molecule has 6 heteroatoms. The van der Waals surface area contributed by atoms with Crippen molar-refractivity contribution in [1.82, 2.24) is 5.32 Å². The van der Waals surface area contributed by atoms with E-state index in [1.165, 1.54) is 12.1 Å². The molecule has 2 rings (SSSR count). The number of nitrogens with one attached hydrogen (secondary N) is 2. The molecule has 1 fully saturated rings. The normalized spacial score (nSPS) is 22.6. The number of ether oxygens (including phenoxy) is 1. The fourth-order valence-corrected chi connectivity index (χ4v) is 2.34. The summed E-state index contributed by atoms with van der Waals surface area (Å²) < 4.78 is 28.3. The van der Waals surface area contributed by atoms with Gasteiger partial charge in [0.15, 0.2) is 0 Å². The molecule has 4 nitrogen and oxygen atoms in total. The summed E-state index contributed by atoms with van der Waals surface area (Å²) >= 11 is 0. The van der Waals surface area contributed by atoms with Crippen molar-refractivity contribution in [2.75, 3.05) is 11.9 Å². The van der Waals surface area contributed by atoms with Gasteiger partial charge in [0.25, 0.3) is 0 Å². The second kappa shape index (κ2) is 6.65. The number of halogens is 2. The van der Waals surface area contributed by atoms with Gasteiger partial charge >= 0.3 is 6.61 Å². The highest BCUT2D eigenvalue weighted by molar-refractivity contribution is 5.95. The highest BCUT2D eigenvalue weighted by Gasteiger charge is 2.27. The Kier molecular flexibility index (Phi) is 4.89. The van der Waals surface area contributed by atoms with Crippen LogP contribution in [-0.4, -0.2) is 25.1 Å². The molecule has 20 heavy (non-hydrogen) atoms. The standard InChI is InChI=1S/C14H18F2N2O2/c1-9-3-2-8-17-12(9)13(19)18-10-4-6-11(7-5-10)20-14(15)16/h4-7,9,12,14,17H,2-3,8H2,1H3,(H,18,19). The summed E-state index contributed by atoms with van der Waals surface area (Å²) in [6, 6.07) is 5.69. The van der Waals surface area contributed by atoms with Gasteiger partial charge in [-0.05, 0) is 49.6 Å². The first kappa shape index (κ1) is 14.7. The molecule has 0 aromatic heterocycles. The van der Waals surface area contributed by atoms with Crippen molar-refractivity contribution in [2.24, 2.45) is 5.92 Å². The van der Waals surface area contributed by atoms with Gasteiger partial charge in [-0.25, -0.2) is 0 Å². The molecule has 1 heterocycles. The number of benzene rings is 1. The summed E-state index contributed by atoms with van der Waals surface area (Å²) in [5.41, 5.74) is 0.566. The van der Waals surface area contributed by atoms with Crippen molar-refractivity contribution in [2.45, 2.75) is 32.4 Å². The van der Waals surface area contributed by atoms with Crippen molar-refractivity contribution in [1.29, 1.82) is 0 Å². The smallest absolute Gasteiger partial charge is 0.387 e. The van der Waals surface area contributed by atoms with E-state index < -0.39 is 6.61 Å². The Labute approximate surface area is 116 Å². The maximum absolute atomic E-state index is 12.1. The van der Waals surface area contributed by atoms with Gasteiger partial charge in [-0.3, -0.25) is 4.79 Å². The minimum Gasteiger partial charge on any atom is -0.435 e. The summed E-state index contributed by atoms with van der Waals surface area (Å²) in [4.78, 5) is 12.1. The number of hydrogen-bond acceptors (Lipinski definition) is 3. The van der Waals surface area contributed by atoms with E-state index >= 15 is 0 Å². The van der Waals surface area contributed by atoms with Crippen molar-refractivity contribution in [3.63, 3.8) is 0 Å². The van der Waals surface area contributed by atoms with Crippen molar-refractivity contribution in [3.05, 3.63) is 24.3 Å². The molecular formula is C14H18F2N2O2. The van der Waals surface area contributed by atoms with E-state index in [0.29, 0.717) is 5.69 Å². The van der Waals surface area contributed by atoms with Crippen LogP contribution in [0, 0.1) is 5.92 Å². The van der Waals surface area contributed by atoms with Crippen LogP contribution >= 0.6 is 0 Å². The number of amides is 1. The average molecular weight is 284 g/mol. The van der Waals surface area contributed by atoms with E-state index in [-0.39, 0.29) is 23.6 Å². The van der Waals surface area contributed by atoms with Crippen LogP contribution in [0.5, 0.6) is 5.75 Å². The zero-order valence-corrected chi connectivity index (χ0v) is 11.2. The first-order chi connectivity index (χ1) is 9.56. The zero-order chi connectivity index (χ0) is 14.5. The van der Waals surface area contributed by atoms with Crippen molar-refractivity contribution in [3.8, 4) is 5.75 Å². The van der Waals surface area contributed by atoms with E-state index in [1.807, 2.05) is 6.92 Å². The fourth-order valence-electron chi connectivity index (χ4n) is 2.34. The lowest BCUT2D eigenvalue weighted by Crippen LogP contribution is -2.48. The summed E-state index contributed by atoms with van der Waals surface area (Å²) in [5, 5.41) is 5.97. The van der Waals surface area contributed by atoms with Crippen LogP contribution in [0.4, 0.5) is 14.5 Å². The largest absolute Gasteiger partial charge is 0.435 e. The quantitative estimate of drug-likeness (QED) is 0.893. The second-order valence-electron chi connectivity index (χ2n) is 4.94. The number of rotatable bonds is 4. The molecule has 2 unspecified atom stereocenters. The summed E-state index contributed by atoms with van der Waals surface area (Å²) in [6.45, 7) is 0.0299. The number of alkyl halides is 2. The zero-order valence-electron chi connectivity index (χ0n) is 11.2. The molecule has 1 aromatic carbocycles. The van der Waals surface area contributed by atoms with E-state index in [4.69, 9.17) is 0 Å². The molecule has 0 spiro atoms. The Morgan fingerprint density at radius 3 is 2.70 bits per heavy atom. The second-order valence-corrected chi connectivity index (χ2v) is 4.94. The Balaban J connectivity index is 1.93. The molecule has 1 aliphatic rings. The maximum atomic E-state index is 12.1. The molecule has 1 aliphatic heterocycles. The molecule has 1 aromatic rings. The molecule has 1 amide bonds. The van der Waals surface area contributed by atoms with Gasteiger partial charge in [-0.2, -0.15) is 8.78 Å². The van der Waals surface area contributed by atoms with Crippen LogP contribution in [0.1, 0.15) is 19.8 Å². The maximum Gasteiger partial charge on any atom is 0.387 e. The lowest BCUT2D eigenvalue weighted by molar-refractivity contribution is -0.119. The minimum absolute atomic E-state index is 0.0714. The lowest BCUT2D eigenvalue weighted by Gasteiger charge is -2.28. The monoisotopic (exact) mass is 284 g/mol. The molecule has 0 bridgehead atoms. The number of anilines is 1. The van der Waals surface area contributed by atoms with Gasteiger partial charge in [0.2, 0.25) is 5.91 Å². The molecule has 2 atom stereocenters. The molecule has 2 N–H and O–H groups in total. The lowest BCUT2D eigenvalue weighted by atomic mass is 9.92. The van der Waals surface area contributed by atoms with Crippen molar-refractivity contribution < 1.29 is 18.3 Å². The Hall–Kier alpha value is -1.69. The van der Waals surface area contributed by atoms with Crippen LogP contribution in [-0.2, 0) is 4.79 Å². The van der Waals surface area contributed by atoms with Crippen LogP contribution in [0.2, 0.25) is 0 Å². The first-order valence-corrected chi connectivity index (χ1v) is 6.65. The Morgan fingerprint density at radius 2 is 2.10 bits per heavy atom. The Bertz CT molecular complexity index is 451. The van der Waals surface area contributed by atoms with Gasteiger partial charge in [0.05, 0.1) is 6.04 Å². The highest BCUT2D eigenvalue weighted by atomic mass is 19.3. The van der Waals surface area contributed by atoms with Gasteiger partial charge < -0.3 is 15.4 Å². The van der Waals surface area contributed by atoms with Crippen LogP contribution < -0.4 is 15.4 Å². The van der Waals surface area contributed by atoms with Gasteiger partial charge in [-0.15, -0.1) is 0 Å². The van der Waals surface area contributed by atoms with Crippen LogP contribution in [0.25, 0.3) is 0 Å². The third kappa shape index (κ3) is 3.90. The van der Waals surface area contributed by atoms with E-state index in [2.05, 4.69) is 15.4 Å². The predicted molar refractivity (Wildman–Crippen MR) is 71.9 cm³/mol. The molecule has 0 saturated carbocycles. The molecule has 0 aliphatic carbocycles. The highest BCUT2D eigenvalue weighted by Crippen LogP contribution is 2.20. The van der Waals surface area contributed by atoms with E-state index in [9.17, 15) is 13.6 Å². The number of hydrogen-bond donors (Lipinski definition) is 2. The van der Waals surface area contributed by atoms with Crippen molar-refractivity contribution >= 4 is 11.6 Å². The Morgan fingerprint density at radius 1 is 1.40 bits per heavy atom. The SMILES string of the molecule is CC1CCCNC1C(=O)Nc1ccc(OC(F)F)cc1. The van der Waals surface area contributed by atoms with Crippen LogP contribution in [0.15, 0.2) is 24.3 Å². The van der Waals surface area contributed by atoms with E-state index in [1.54, 1.807) is 12.1 Å². The van der Waals surface area contributed by atoms with E-state index in [0.717, 1.165) is 19.4 Å². The summed E-state index contributed by atoms with van der Waals surface area (Å²) in [6.07, 6.45) is 2.09. The average Bonchev–Trinajstić information content (AvgIpc) is 2.41. The fraction of sp³-hybridized carbons (Fsp3) is 0.500. The predicted octanol–water partition coefficient (Wildman–Crippen LogP) is 2.61. The molecular weight excluding hydrogens is 266 g/mol. The van der Waals surface area contributed by atoms with Crippen LogP contribution in [0.3, 0.4) is 0 Å². The topological polar surface area (TPSA) is 50.4 Å². The number of carbonyl (C=O) groups is 1. The van der Waals surface area contributed by atoms with Gasteiger partial charge in [0.1, 0.15) is 5.75 Å².